The standard InChI is InChI=1S/C29H29Cl2NO4/c30-25-5-3-6-26(31)28(25)27(33)18-21(29(34)35)16-19-7-11-23(12-8-19)36-24-13-9-20(10-14-24)17-22-4-1-2-15-32-22/h1-8,11-12,15,20-21,24H,9-10,13-14,16-18H2,(H,34,35). The molecular formula is C29H29Cl2NO4. The van der Waals surface area contributed by atoms with Gasteiger partial charge in [0.1, 0.15) is 5.75 Å². The average molecular weight is 526 g/mol. The molecule has 3 aromatic rings. The summed E-state index contributed by atoms with van der Waals surface area (Å²) in [4.78, 5) is 29.0. The topological polar surface area (TPSA) is 76.5 Å². The highest BCUT2D eigenvalue weighted by atomic mass is 35.5. The molecule has 0 spiro atoms. The Balaban J connectivity index is 1.29. The highest BCUT2D eigenvalue weighted by Gasteiger charge is 2.26. The molecular weight excluding hydrogens is 497 g/mol. The summed E-state index contributed by atoms with van der Waals surface area (Å²) in [5, 5.41) is 10.2. The van der Waals surface area contributed by atoms with Crippen molar-refractivity contribution in [2.75, 3.05) is 0 Å². The van der Waals surface area contributed by atoms with Crippen LogP contribution in [0.15, 0.2) is 66.9 Å². The van der Waals surface area contributed by atoms with Gasteiger partial charge in [-0.1, -0.05) is 47.5 Å². The fraction of sp³-hybridized carbons (Fsp3) is 0.345. The van der Waals surface area contributed by atoms with Gasteiger partial charge in [0, 0.05) is 18.3 Å². The third kappa shape index (κ3) is 7.08. The van der Waals surface area contributed by atoms with Crippen LogP contribution < -0.4 is 4.74 Å². The molecule has 1 saturated carbocycles. The van der Waals surface area contributed by atoms with Crippen LogP contribution in [0, 0.1) is 11.8 Å². The van der Waals surface area contributed by atoms with E-state index in [1.165, 1.54) is 0 Å². The highest BCUT2D eigenvalue weighted by molar-refractivity contribution is 6.39. The van der Waals surface area contributed by atoms with E-state index in [9.17, 15) is 14.7 Å². The van der Waals surface area contributed by atoms with Crippen LogP contribution in [0.3, 0.4) is 0 Å². The van der Waals surface area contributed by atoms with Gasteiger partial charge < -0.3 is 9.84 Å². The quantitative estimate of drug-likeness (QED) is 0.286. The Morgan fingerprint density at radius 3 is 2.25 bits per heavy atom. The number of Topliss-reactive ketones (excluding diaryl/α,β-unsaturated/α-hetero) is 1. The van der Waals surface area contributed by atoms with Crippen LogP contribution in [0.1, 0.15) is 53.7 Å². The summed E-state index contributed by atoms with van der Waals surface area (Å²) in [6.45, 7) is 0. The van der Waals surface area contributed by atoms with E-state index in [-0.39, 0.29) is 40.3 Å². The zero-order valence-electron chi connectivity index (χ0n) is 19.9. The van der Waals surface area contributed by atoms with Gasteiger partial charge in [0.2, 0.25) is 0 Å². The molecule has 1 heterocycles. The molecule has 188 valence electrons. The van der Waals surface area contributed by atoms with Crippen molar-refractivity contribution >= 4 is 35.0 Å². The van der Waals surface area contributed by atoms with Crippen LogP contribution in [0.25, 0.3) is 0 Å². The molecule has 1 aromatic heterocycles. The second-order valence-corrected chi connectivity index (χ2v) is 10.2. The molecule has 0 bridgehead atoms. The Morgan fingerprint density at radius 2 is 1.64 bits per heavy atom. The Morgan fingerprint density at radius 1 is 0.944 bits per heavy atom. The molecule has 2 aromatic carbocycles. The lowest BCUT2D eigenvalue weighted by molar-refractivity contribution is -0.141. The van der Waals surface area contributed by atoms with Gasteiger partial charge in [-0.3, -0.25) is 14.6 Å². The highest BCUT2D eigenvalue weighted by Crippen LogP contribution is 2.31. The number of aliphatic carboxylic acids is 1. The second-order valence-electron chi connectivity index (χ2n) is 9.39. The predicted molar refractivity (Wildman–Crippen MR) is 141 cm³/mol. The van der Waals surface area contributed by atoms with Gasteiger partial charge in [-0.05, 0) is 86.4 Å². The average Bonchev–Trinajstić information content (AvgIpc) is 2.86. The summed E-state index contributed by atoms with van der Waals surface area (Å²) in [6.07, 6.45) is 7.32. The lowest BCUT2D eigenvalue weighted by atomic mass is 9.84. The van der Waals surface area contributed by atoms with E-state index in [0.717, 1.165) is 49.1 Å². The van der Waals surface area contributed by atoms with Crippen molar-refractivity contribution in [2.24, 2.45) is 11.8 Å². The number of hydrogen-bond acceptors (Lipinski definition) is 4. The summed E-state index contributed by atoms with van der Waals surface area (Å²) in [7, 11) is 0. The maximum Gasteiger partial charge on any atom is 0.307 e. The third-order valence-corrected chi connectivity index (χ3v) is 7.38. The lowest BCUT2D eigenvalue weighted by Gasteiger charge is -2.29. The summed E-state index contributed by atoms with van der Waals surface area (Å²) in [5.41, 5.74) is 2.14. The molecule has 5 nitrogen and oxygen atoms in total. The van der Waals surface area contributed by atoms with Crippen LogP contribution in [0.2, 0.25) is 10.0 Å². The van der Waals surface area contributed by atoms with Crippen molar-refractivity contribution in [3.8, 4) is 5.75 Å². The number of rotatable bonds is 10. The van der Waals surface area contributed by atoms with E-state index >= 15 is 0 Å². The molecule has 1 aliphatic rings. The number of carboxylic acids is 1. The molecule has 0 saturated heterocycles. The minimum Gasteiger partial charge on any atom is -0.490 e. The monoisotopic (exact) mass is 525 g/mol. The van der Waals surface area contributed by atoms with Crippen molar-refractivity contribution in [3.05, 3.63) is 93.7 Å². The lowest BCUT2D eigenvalue weighted by Crippen LogP contribution is -2.25. The van der Waals surface area contributed by atoms with Crippen LogP contribution in [-0.2, 0) is 17.6 Å². The summed E-state index contributed by atoms with van der Waals surface area (Å²) in [6, 6.07) is 18.3. The number of carboxylic acid groups (broad SMARTS) is 1. The first-order valence-electron chi connectivity index (χ1n) is 12.2. The maximum absolute atomic E-state index is 12.7. The van der Waals surface area contributed by atoms with Gasteiger partial charge in [-0.15, -0.1) is 0 Å². The number of benzene rings is 2. The molecule has 0 aliphatic heterocycles. The Hall–Kier alpha value is -2.89. The summed E-state index contributed by atoms with van der Waals surface area (Å²) < 4.78 is 6.19. The van der Waals surface area contributed by atoms with Crippen molar-refractivity contribution in [1.82, 2.24) is 4.98 Å². The van der Waals surface area contributed by atoms with Gasteiger partial charge in [0.05, 0.1) is 27.6 Å². The number of hydrogen-bond donors (Lipinski definition) is 1. The number of carbonyl (C=O) groups is 2. The predicted octanol–water partition coefficient (Wildman–Crippen LogP) is 7.09. The summed E-state index contributed by atoms with van der Waals surface area (Å²) in [5.74, 6) is -0.881. The fourth-order valence-electron chi connectivity index (χ4n) is 4.79. The molecule has 1 unspecified atom stereocenters. The van der Waals surface area contributed by atoms with Crippen molar-refractivity contribution in [3.63, 3.8) is 0 Å². The molecule has 36 heavy (non-hydrogen) atoms. The maximum atomic E-state index is 12.7. The van der Waals surface area contributed by atoms with E-state index in [0.29, 0.717) is 5.92 Å². The third-order valence-electron chi connectivity index (χ3n) is 6.75. The number of halogens is 2. The molecule has 1 fully saturated rings. The van der Waals surface area contributed by atoms with E-state index in [2.05, 4.69) is 11.1 Å². The van der Waals surface area contributed by atoms with Gasteiger partial charge in [0.15, 0.2) is 5.78 Å². The summed E-state index contributed by atoms with van der Waals surface area (Å²) >= 11 is 12.2. The minimum atomic E-state index is -1.03. The molecule has 7 heteroatoms. The first kappa shape index (κ1) is 26.2. The number of nitrogens with zero attached hydrogens (tertiary/aromatic N) is 1. The van der Waals surface area contributed by atoms with E-state index in [4.69, 9.17) is 27.9 Å². The van der Waals surface area contributed by atoms with E-state index in [1.54, 1.807) is 18.2 Å². The van der Waals surface area contributed by atoms with Crippen molar-refractivity contribution in [2.45, 2.75) is 51.0 Å². The molecule has 0 amide bonds. The SMILES string of the molecule is O=C(CC(Cc1ccc(OC2CCC(Cc3ccccn3)CC2)cc1)C(=O)O)c1c(Cl)cccc1Cl. The van der Waals surface area contributed by atoms with Gasteiger partial charge in [-0.25, -0.2) is 0 Å². The van der Waals surface area contributed by atoms with Gasteiger partial charge in [0.25, 0.3) is 0 Å². The Labute approximate surface area is 221 Å². The second kappa shape index (κ2) is 12.4. The van der Waals surface area contributed by atoms with Gasteiger partial charge in [-0.2, -0.15) is 0 Å². The minimum absolute atomic E-state index is 0.172. The zero-order chi connectivity index (χ0) is 25.5. The number of ether oxygens (including phenoxy) is 1. The van der Waals surface area contributed by atoms with Gasteiger partial charge >= 0.3 is 5.97 Å². The molecule has 1 N–H and O–H groups in total. The van der Waals surface area contributed by atoms with Crippen LogP contribution in [0.5, 0.6) is 5.75 Å². The number of aromatic nitrogens is 1. The Bertz CT molecular complexity index is 1160. The van der Waals surface area contributed by atoms with E-state index in [1.807, 2.05) is 42.6 Å². The largest absolute Gasteiger partial charge is 0.490 e. The number of pyridine rings is 1. The molecule has 4 rings (SSSR count). The first-order chi connectivity index (χ1) is 17.4. The normalized spacial score (nSPS) is 18.4. The van der Waals surface area contributed by atoms with Crippen molar-refractivity contribution in [1.29, 1.82) is 0 Å². The van der Waals surface area contributed by atoms with Crippen LogP contribution in [0.4, 0.5) is 0 Å². The fourth-order valence-corrected chi connectivity index (χ4v) is 5.39. The van der Waals surface area contributed by atoms with Crippen molar-refractivity contribution < 1.29 is 19.4 Å². The van der Waals surface area contributed by atoms with E-state index < -0.39 is 11.9 Å². The number of ketones is 1. The number of carbonyl (C=O) groups excluding carboxylic acids is 1. The molecule has 0 radical (unpaired) electrons. The Kier molecular flexibility index (Phi) is 9.00. The van der Waals surface area contributed by atoms with Crippen LogP contribution in [-0.4, -0.2) is 27.9 Å². The molecule has 1 atom stereocenters. The zero-order valence-corrected chi connectivity index (χ0v) is 21.4. The first-order valence-corrected chi connectivity index (χ1v) is 13.0. The van der Waals surface area contributed by atoms with Crippen LogP contribution >= 0.6 is 23.2 Å². The smallest absolute Gasteiger partial charge is 0.307 e. The molecule has 1 aliphatic carbocycles.